The van der Waals surface area contributed by atoms with Crippen molar-refractivity contribution in [3.63, 3.8) is 0 Å². The van der Waals surface area contributed by atoms with Crippen molar-refractivity contribution in [1.29, 1.82) is 0 Å². The van der Waals surface area contributed by atoms with Gasteiger partial charge in [-0.25, -0.2) is 0 Å². The lowest BCUT2D eigenvalue weighted by atomic mass is 9.88. The van der Waals surface area contributed by atoms with Crippen LogP contribution in [0.2, 0.25) is 0 Å². The molecule has 0 bridgehead atoms. The predicted molar refractivity (Wildman–Crippen MR) is 92.5 cm³/mol. The largest absolute Gasteiger partial charge is 0.354 e. The number of hydrogen-bond donors (Lipinski definition) is 2. The highest BCUT2D eigenvalue weighted by Gasteiger charge is 2.29. The molecule has 126 valence electrons. The van der Waals surface area contributed by atoms with Gasteiger partial charge in [-0.1, -0.05) is 13.3 Å². The van der Waals surface area contributed by atoms with Crippen LogP contribution in [-0.2, 0) is 4.79 Å². The molecule has 2 saturated heterocycles. The van der Waals surface area contributed by atoms with Crippen molar-refractivity contribution in [1.82, 2.24) is 15.5 Å². The van der Waals surface area contributed by atoms with Gasteiger partial charge in [-0.2, -0.15) is 0 Å². The molecule has 2 aliphatic rings. The molecule has 6 heteroatoms. The fourth-order valence-corrected chi connectivity index (χ4v) is 3.18. The molecule has 2 rings (SSSR count). The molecule has 0 saturated carbocycles. The van der Waals surface area contributed by atoms with Crippen LogP contribution in [0.4, 0.5) is 0 Å². The number of nitrogens with zero attached hydrogens (tertiary/aromatic N) is 1. The van der Waals surface area contributed by atoms with E-state index in [4.69, 9.17) is 0 Å². The molecule has 21 heavy (non-hydrogen) atoms. The molecule has 0 aromatic heterocycles. The van der Waals surface area contributed by atoms with Gasteiger partial charge in [0, 0.05) is 24.5 Å². The number of rotatable bonds is 5. The van der Waals surface area contributed by atoms with Crippen molar-refractivity contribution < 1.29 is 4.79 Å². The Morgan fingerprint density at radius 1 is 1.29 bits per heavy atom. The van der Waals surface area contributed by atoms with Crippen LogP contribution < -0.4 is 10.6 Å². The van der Waals surface area contributed by atoms with Crippen LogP contribution in [0.3, 0.4) is 0 Å². The van der Waals surface area contributed by atoms with Gasteiger partial charge in [0.15, 0.2) is 0 Å². The summed E-state index contributed by atoms with van der Waals surface area (Å²) in [5.41, 5.74) is 0. The van der Waals surface area contributed by atoms with Crippen LogP contribution >= 0.6 is 24.8 Å². The van der Waals surface area contributed by atoms with Gasteiger partial charge in [-0.3, -0.25) is 9.69 Å². The first-order valence-corrected chi connectivity index (χ1v) is 7.83. The summed E-state index contributed by atoms with van der Waals surface area (Å²) in [5, 5.41) is 6.37. The molecule has 0 aromatic rings. The molecule has 1 amide bonds. The Morgan fingerprint density at radius 2 is 1.95 bits per heavy atom. The second-order valence-electron chi connectivity index (χ2n) is 6.38. The summed E-state index contributed by atoms with van der Waals surface area (Å²) >= 11 is 0. The quantitative estimate of drug-likeness (QED) is 0.805. The molecule has 4 nitrogen and oxygen atoms in total. The van der Waals surface area contributed by atoms with Crippen LogP contribution in [-0.4, -0.2) is 49.1 Å². The number of carbonyl (C=O) groups is 1. The third-order valence-electron chi connectivity index (χ3n) is 4.93. The maximum Gasteiger partial charge on any atom is 0.223 e. The molecular formula is C15H31Cl2N3O. The average Bonchev–Trinajstić information content (AvgIpc) is 2.34. The maximum absolute atomic E-state index is 12.1. The highest BCUT2D eigenvalue weighted by molar-refractivity contribution is 5.85. The van der Waals surface area contributed by atoms with Gasteiger partial charge in [0.2, 0.25) is 5.91 Å². The summed E-state index contributed by atoms with van der Waals surface area (Å²) in [4.78, 5) is 14.6. The standard InChI is InChI=1S/C15H29N3O.2ClH/c1-11-6-4-5-7-18(11)12(2)8-17-15(19)13(3)14-9-16-10-14;;/h11-14,16H,4-10H2,1-3H3,(H,17,19);2*1H. The van der Waals surface area contributed by atoms with Crippen LogP contribution in [0, 0.1) is 11.8 Å². The zero-order valence-electron chi connectivity index (χ0n) is 13.4. The van der Waals surface area contributed by atoms with Crippen molar-refractivity contribution in [2.75, 3.05) is 26.2 Å². The van der Waals surface area contributed by atoms with Crippen molar-refractivity contribution in [2.45, 2.75) is 52.1 Å². The van der Waals surface area contributed by atoms with E-state index in [9.17, 15) is 4.79 Å². The third kappa shape index (κ3) is 5.59. The first-order chi connectivity index (χ1) is 9.09. The first kappa shape index (κ1) is 21.0. The Balaban J connectivity index is 0.00000200. The van der Waals surface area contributed by atoms with Gasteiger partial charge in [-0.05, 0) is 52.2 Å². The minimum absolute atomic E-state index is 0. The van der Waals surface area contributed by atoms with Crippen LogP contribution in [0.25, 0.3) is 0 Å². The lowest BCUT2D eigenvalue weighted by Crippen LogP contribution is -2.52. The van der Waals surface area contributed by atoms with E-state index in [2.05, 4.69) is 36.3 Å². The van der Waals surface area contributed by atoms with Gasteiger partial charge < -0.3 is 10.6 Å². The Labute approximate surface area is 141 Å². The molecule has 0 aliphatic carbocycles. The molecule has 2 aliphatic heterocycles. The van der Waals surface area contributed by atoms with E-state index in [0.717, 1.165) is 19.6 Å². The summed E-state index contributed by atoms with van der Waals surface area (Å²) in [6.45, 7) is 10.5. The highest BCUT2D eigenvalue weighted by Crippen LogP contribution is 2.19. The number of hydrogen-bond acceptors (Lipinski definition) is 3. The molecule has 2 fully saturated rings. The minimum atomic E-state index is 0. The average molecular weight is 340 g/mol. The van der Waals surface area contributed by atoms with E-state index in [-0.39, 0.29) is 36.6 Å². The fraction of sp³-hybridized carbons (Fsp3) is 0.933. The predicted octanol–water partition coefficient (Wildman–Crippen LogP) is 2.06. The highest BCUT2D eigenvalue weighted by atomic mass is 35.5. The summed E-state index contributed by atoms with van der Waals surface area (Å²) in [6.07, 6.45) is 3.94. The van der Waals surface area contributed by atoms with E-state index in [0.29, 0.717) is 18.0 Å². The summed E-state index contributed by atoms with van der Waals surface area (Å²) in [7, 11) is 0. The maximum atomic E-state index is 12.1. The second-order valence-corrected chi connectivity index (χ2v) is 6.38. The van der Waals surface area contributed by atoms with E-state index >= 15 is 0 Å². The van der Waals surface area contributed by atoms with Gasteiger partial charge in [0.05, 0.1) is 0 Å². The zero-order chi connectivity index (χ0) is 13.8. The molecule has 0 radical (unpaired) electrons. The van der Waals surface area contributed by atoms with E-state index in [1.807, 2.05) is 0 Å². The van der Waals surface area contributed by atoms with Crippen molar-refractivity contribution >= 4 is 30.7 Å². The SMILES string of the molecule is CC(C(=O)NCC(C)N1CCCCC1C)C1CNC1.Cl.Cl. The van der Waals surface area contributed by atoms with Gasteiger partial charge in [0.1, 0.15) is 0 Å². The molecular weight excluding hydrogens is 309 g/mol. The van der Waals surface area contributed by atoms with E-state index in [1.54, 1.807) is 0 Å². The number of likely N-dealkylation sites (tertiary alicyclic amines) is 1. The van der Waals surface area contributed by atoms with E-state index in [1.165, 1.54) is 25.8 Å². The topological polar surface area (TPSA) is 44.4 Å². The molecule has 3 unspecified atom stereocenters. The van der Waals surface area contributed by atoms with Crippen molar-refractivity contribution in [3.05, 3.63) is 0 Å². The number of piperidine rings is 1. The minimum Gasteiger partial charge on any atom is -0.354 e. The van der Waals surface area contributed by atoms with Crippen molar-refractivity contribution in [3.8, 4) is 0 Å². The molecule has 3 atom stereocenters. The van der Waals surface area contributed by atoms with Crippen LogP contribution in [0.5, 0.6) is 0 Å². The van der Waals surface area contributed by atoms with Gasteiger partial charge in [0.25, 0.3) is 0 Å². The number of halogens is 2. The van der Waals surface area contributed by atoms with Crippen LogP contribution in [0.15, 0.2) is 0 Å². The fourth-order valence-electron chi connectivity index (χ4n) is 3.18. The van der Waals surface area contributed by atoms with E-state index < -0.39 is 0 Å². The normalized spacial score (nSPS) is 25.8. The summed E-state index contributed by atoms with van der Waals surface area (Å²) in [5.74, 6) is 0.902. The third-order valence-corrected chi connectivity index (χ3v) is 4.93. The Kier molecular flexibility index (Phi) is 9.87. The first-order valence-electron chi connectivity index (χ1n) is 7.83. The zero-order valence-corrected chi connectivity index (χ0v) is 15.1. The second kappa shape index (κ2) is 9.88. The molecule has 2 heterocycles. The number of nitrogens with one attached hydrogen (secondary N) is 2. The van der Waals surface area contributed by atoms with Gasteiger partial charge in [-0.15, -0.1) is 24.8 Å². The Morgan fingerprint density at radius 3 is 2.48 bits per heavy atom. The van der Waals surface area contributed by atoms with Gasteiger partial charge >= 0.3 is 0 Å². The number of amides is 1. The van der Waals surface area contributed by atoms with Crippen molar-refractivity contribution in [2.24, 2.45) is 11.8 Å². The van der Waals surface area contributed by atoms with Crippen LogP contribution in [0.1, 0.15) is 40.0 Å². The summed E-state index contributed by atoms with van der Waals surface area (Å²) < 4.78 is 0. The Bertz CT molecular complexity index is 313. The smallest absolute Gasteiger partial charge is 0.223 e. The molecule has 0 spiro atoms. The molecule has 2 N–H and O–H groups in total. The lowest BCUT2D eigenvalue weighted by molar-refractivity contribution is -0.127. The summed E-state index contributed by atoms with van der Waals surface area (Å²) in [6, 6.07) is 1.11. The Hall–Kier alpha value is -0.0300. The lowest BCUT2D eigenvalue weighted by Gasteiger charge is -2.38. The molecule has 0 aromatic carbocycles. The number of carbonyl (C=O) groups excluding carboxylic acids is 1. The monoisotopic (exact) mass is 339 g/mol.